The summed E-state index contributed by atoms with van der Waals surface area (Å²) in [5, 5.41) is 4.30. The fourth-order valence-electron chi connectivity index (χ4n) is 1.48. The van der Waals surface area contributed by atoms with Crippen molar-refractivity contribution >= 4 is 0 Å². The van der Waals surface area contributed by atoms with Crippen molar-refractivity contribution < 1.29 is 4.74 Å². The van der Waals surface area contributed by atoms with Gasteiger partial charge in [0.05, 0.1) is 13.7 Å². The van der Waals surface area contributed by atoms with Crippen LogP contribution in [-0.2, 0) is 13.6 Å². The molecule has 5 heteroatoms. The van der Waals surface area contributed by atoms with Crippen LogP contribution in [0.3, 0.4) is 0 Å². The van der Waals surface area contributed by atoms with E-state index in [-0.39, 0.29) is 0 Å². The number of benzene rings is 1. The Kier molecular flexibility index (Phi) is 2.87. The van der Waals surface area contributed by atoms with Gasteiger partial charge in [0.25, 0.3) is 0 Å². The highest BCUT2D eigenvalue weighted by molar-refractivity contribution is 5.57. The van der Waals surface area contributed by atoms with Gasteiger partial charge in [-0.1, -0.05) is 12.1 Å². The molecule has 0 atom stereocenters. The summed E-state index contributed by atoms with van der Waals surface area (Å²) in [4.78, 5) is 4.35. The van der Waals surface area contributed by atoms with Crippen LogP contribution in [0, 0.1) is 0 Å². The maximum Gasteiger partial charge on any atom is 0.181 e. The molecule has 2 N–H and O–H groups in total. The van der Waals surface area contributed by atoms with Crippen molar-refractivity contribution in [1.82, 2.24) is 14.8 Å². The molecule has 2 rings (SSSR count). The molecule has 1 aromatic carbocycles. The molecule has 0 saturated carbocycles. The molecule has 0 unspecified atom stereocenters. The van der Waals surface area contributed by atoms with E-state index in [4.69, 9.17) is 10.5 Å². The molecule has 16 heavy (non-hydrogen) atoms. The predicted molar refractivity (Wildman–Crippen MR) is 60.9 cm³/mol. The minimum absolute atomic E-state index is 0.382. The third-order valence-electron chi connectivity index (χ3n) is 2.36. The number of aromatic nitrogens is 3. The van der Waals surface area contributed by atoms with Gasteiger partial charge in [0.2, 0.25) is 0 Å². The number of nitrogens with two attached hydrogens (primary N) is 1. The first-order chi connectivity index (χ1) is 7.74. The Balaban J connectivity index is 2.41. The highest BCUT2D eigenvalue weighted by Gasteiger charge is 2.08. The smallest absolute Gasteiger partial charge is 0.181 e. The molecule has 0 amide bonds. The largest absolute Gasteiger partial charge is 0.497 e. The van der Waals surface area contributed by atoms with Gasteiger partial charge in [0, 0.05) is 12.6 Å². The lowest BCUT2D eigenvalue weighted by Crippen LogP contribution is -2.05. The lowest BCUT2D eigenvalue weighted by atomic mass is 10.2. The van der Waals surface area contributed by atoms with Crippen molar-refractivity contribution in [2.24, 2.45) is 12.8 Å². The maximum atomic E-state index is 5.55. The average Bonchev–Trinajstić information content (AvgIpc) is 2.71. The Morgan fingerprint density at radius 2 is 2.25 bits per heavy atom. The summed E-state index contributed by atoms with van der Waals surface area (Å²) in [6.07, 6.45) is 0. The van der Waals surface area contributed by atoms with Gasteiger partial charge in [-0.15, -0.1) is 0 Å². The van der Waals surface area contributed by atoms with Crippen molar-refractivity contribution in [1.29, 1.82) is 0 Å². The molecule has 0 radical (unpaired) electrons. The normalized spacial score (nSPS) is 10.4. The minimum atomic E-state index is 0.382. The number of methoxy groups -OCH3 is 1. The SMILES string of the molecule is COc1cccc(-c2nc(CN)n(C)n2)c1. The summed E-state index contributed by atoms with van der Waals surface area (Å²) in [6, 6.07) is 7.64. The van der Waals surface area contributed by atoms with E-state index >= 15 is 0 Å². The maximum absolute atomic E-state index is 5.55. The van der Waals surface area contributed by atoms with Gasteiger partial charge in [-0.05, 0) is 12.1 Å². The van der Waals surface area contributed by atoms with E-state index in [9.17, 15) is 0 Å². The van der Waals surface area contributed by atoms with Gasteiger partial charge in [0.1, 0.15) is 11.6 Å². The van der Waals surface area contributed by atoms with Gasteiger partial charge in [-0.25, -0.2) is 4.98 Å². The summed E-state index contributed by atoms with van der Waals surface area (Å²) >= 11 is 0. The van der Waals surface area contributed by atoms with E-state index in [1.54, 1.807) is 11.8 Å². The van der Waals surface area contributed by atoms with Crippen LogP contribution in [0.2, 0.25) is 0 Å². The molecule has 0 saturated heterocycles. The standard InChI is InChI=1S/C11H14N4O/c1-15-10(7-12)13-11(14-15)8-4-3-5-9(6-8)16-2/h3-6H,7,12H2,1-2H3. The first kappa shape index (κ1) is 10.6. The van der Waals surface area contributed by atoms with E-state index in [1.807, 2.05) is 31.3 Å². The van der Waals surface area contributed by atoms with Crippen LogP contribution in [0.4, 0.5) is 0 Å². The summed E-state index contributed by atoms with van der Waals surface area (Å²) in [5.41, 5.74) is 6.48. The zero-order chi connectivity index (χ0) is 11.5. The van der Waals surface area contributed by atoms with Crippen molar-refractivity contribution in [3.05, 3.63) is 30.1 Å². The van der Waals surface area contributed by atoms with Crippen LogP contribution < -0.4 is 10.5 Å². The topological polar surface area (TPSA) is 66.0 Å². The number of nitrogens with zero attached hydrogens (tertiary/aromatic N) is 3. The fraction of sp³-hybridized carbons (Fsp3) is 0.273. The van der Waals surface area contributed by atoms with E-state index in [0.717, 1.165) is 17.1 Å². The molecule has 0 aliphatic heterocycles. The Labute approximate surface area is 93.9 Å². The summed E-state index contributed by atoms with van der Waals surface area (Å²) in [5.74, 6) is 2.22. The molecule has 0 aliphatic rings. The Morgan fingerprint density at radius 3 is 2.88 bits per heavy atom. The predicted octanol–water partition coefficient (Wildman–Crippen LogP) is 0.949. The second-order valence-electron chi connectivity index (χ2n) is 3.41. The lowest BCUT2D eigenvalue weighted by Gasteiger charge is -2.00. The molecule has 0 bridgehead atoms. The quantitative estimate of drug-likeness (QED) is 0.833. The van der Waals surface area contributed by atoms with E-state index in [0.29, 0.717) is 12.4 Å². The molecule has 0 fully saturated rings. The Morgan fingerprint density at radius 1 is 1.44 bits per heavy atom. The van der Waals surface area contributed by atoms with Crippen LogP contribution in [0.15, 0.2) is 24.3 Å². The molecular weight excluding hydrogens is 204 g/mol. The zero-order valence-electron chi connectivity index (χ0n) is 9.34. The Bertz CT molecular complexity index is 492. The number of hydrogen-bond acceptors (Lipinski definition) is 4. The molecule has 0 aliphatic carbocycles. The van der Waals surface area contributed by atoms with Gasteiger partial charge in [0.15, 0.2) is 5.82 Å². The van der Waals surface area contributed by atoms with E-state index in [1.165, 1.54) is 0 Å². The van der Waals surface area contributed by atoms with Crippen LogP contribution in [0.25, 0.3) is 11.4 Å². The Hall–Kier alpha value is -1.88. The summed E-state index contributed by atoms with van der Waals surface area (Å²) in [7, 11) is 3.47. The molecule has 5 nitrogen and oxygen atoms in total. The average molecular weight is 218 g/mol. The molecule has 84 valence electrons. The molecular formula is C11H14N4O. The van der Waals surface area contributed by atoms with Crippen LogP contribution in [0.1, 0.15) is 5.82 Å². The number of aryl methyl sites for hydroxylation is 1. The number of hydrogen-bond donors (Lipinski definition) is 1. The molecule has 1 heterocycles. The minimum Gasteiger partial charge on any atom is -0.497 e. The highest BCUT2D eigenvalue weighted by atomic mass is 16.5. The van der Waals surface area contributed by atoms with Gasteiger partial charge < -0.3 is 10.5 Å². The number of rotatable bonds is 3. The lowest BCUT2D eigenvalue weighted by molar-refractivity contribution is 0.415. The van der Waals surface area contributed by atoms with Gasteiger partial charge in [-0.3, -0.25) is 4.68 Å². The molecule has 2 aromatic rings. The second-order valence-corrected chi connectivity index (χ2v) is 3.41. The third kappa shape index (κ3) is 1.90. The van der Waals surface area contributed by atoms with Gasteiger partial charge >= 0.3 is 0 Å². The molecule has 1 aromatic heterocycles. The first-order valence-electron chi connectivity index (χ1n) is 4.99. The number of ether oxygens (including phenoxy) is 1. The van der Waals surface area contributed by atoms with E-state index < -0.39 is 0 Å². The zero-order valence-corrected chi connectivity index (χ0v) is 9.34. The van der Waals surface area contributed by atoms with Crippen molar-refractivity contribution in [3.63, 3.8) is 0 Å². The summed E-state index contributed by atoms with van der Waals surface area (Å²) < 4.78 is 6.84. The summed E-state index contributed by atoms with van der Waals surface area (Å²) in [6.45, 7) is 0.382. The third-order valence-corrected chi connectivity index (χ3v) is 2.36. The van der Waals surface area contributed by atoms with Gasteiger partial charge in [-0.2, -0.15) is 5.10 Å². The second kappa shape index (κ2) is 4.32. The van der Waals surface area contributed by atoms with Crippen LogP contribution in [0.5, 0.6) is 5.75 Å². The van der Waals surface area contributed by atoms with Crippen LogP contribution >= 0.6 is 0 Å². The van der Waals surface area contributed by atoms with Crippen molar-refractivity contribution in [2.45, 2.75) is 6.54 Å². The highest BCUT2D eigenvalue weighted by Crippen LogP contribution is 2.20. The fourth-order valence-corrected chi connectivity index (χ4v) is 1.48. The van der Waals surface area contributed by atoms with Crippen molar-refractivity contribution in [2.75, 3.05) is 7.11 Å². The monoisotopic (exact) mass is 218 g/mol. The van der Waals surface area contributed by atoms with E-state index in [2.05, 4.69) is 10.1 Å². The first-order valence-corrected chi connectivity index (χ1v) is 4.99. The van der Waals surface area contributed by atoms with Crippen LogP contribution in [-0.4, -0.2) is 21.9 Å². The van der Waals surface area contributed by atoms with Crippen molar-refractivity contribution in [3.8, 4) is 17.1 Å². The molecule has 0 spiro atoms.